The van der Waals surface area contributed by atoms with E-state index in [4.69, 9.17) is 9.47 Å². The first-order valence-electron chi connectivity index (χ1n) is 5.22. The highest BCUT2D eigenvalue weighted by atomic mass is 16.6. The van der Waals surface area contributed by atoms with E-state index in [2.05, 4.69) is 6.92 Å². The molecule has 3 heteroatoms. The summed E-state index contributed by atoms with van der Waals surface area (Å²) in [6, 6.07) is 5.24. The molecule has 0 N–H and O–H groups in total. The molecule has 2 rings (SSSR count). The number of carbonyl (C=O) groups excluding carboxylic acids is 1. The Kier molecular flexibility index (Phi) is 2.90. The zero-order chi connectivity index (χ0) is 10.7. The second-order valence-electron chi connectivity index (χ2n) is 3.66. The van der Waals surface area contributed by atoms with Gasteiger partial charge < -0.3 is 9.47 Å². The van der Waals surface area contributed by atoms with Gasteiger partial charge in [0.2, 0.25) is 0 Å². The van der Waals surface area contributed by atoms with Crippen molar-refractivity contribution in [1.82, 2.24) is 0 Å². The summed E-state index contributed by atoms with van der Waals surface area (Å²) >= 11 is 0. The van der Waals surface area contributed by atoms with Crippen LogP contribution < -0.4 is 9.47 Å². The van der Waals surface area contributed by atoms with Gasteiger partial charge in [0.15, 0.2) is 11.5 Å². The summed E-state index contributed by atoms with van der Waals surface area (Å²) in [5.74, 6) is 1.41. The molecule has 1 aromatic carbocycles. The Labute approximate surface area is 89.0 Å². The molecule has 1 aliphatic rings. The fourth-order valence-corrected chi connectivity index (χ4v) is 1.67. The van der Waals surface area contributed by atoms with Gasteiger partial charge in [0.1, 0.15) is 19.0 Å². The van der Waals surface area contributed by atoms with Crippen molar-refractivity contribution in [3.05, 3.63) is 23.8 Å². The Bertz CT molecular complexity index is 360. The van der Waals surface area contributed by atoms with E-state index < -0.39 is 0 Å². The summed E-state index contributed by atoms with van der Waals surface area (Å²) in [4.78, 5) is 10.6. The number of fused-ring (bicyclic) bond motifs is 1. The van der Waals surface area contributed by atoms with Crippen molar-refractivity contribution >= 4 is 6.29 Å². The molecule has 1 heterocycles. The third-order valence-corrected chi connectivity index (χ3v) is 2.43. The molecule has 15 heavy (non-hydrogen) atoms. The summed E-state index contributed by atoms with van der Waals surface area (Å²) in [5.41, 5.74) is 0.620. The average molecular weight is 206 g/mol. The molecular weight excluding hydrogens is 192 g/mol. The first-order chi connectivity index (χ1) is 7.33. The lowest BCUT2D eigenvalue weighted by Crippen LogP contribution is -2.28. The number of benzene rings is 1. The van der Waals surface area contributed by atoms with Crippen LogP contribution in [0.1, 0.15) is 30.1 Å². The van der Waals surface area contributed by atoms with Gasteiger partial charge in [-0.2, -0.15) is 0 Å². The SMILES string of the molecule is CCCC1COc2ccc(C=O)cc2O1. The average Bonchev–Trinajstić information content (AvgIpc) is 2.28. The topological polar surface area (TPSA) is 35.5 Å². The van der Waals surface area contributed by atoms with Crippen molar-refractivity contribution in [2.45, 2.75) is 25.9 Å². The summed E-state index contributed by atoms with van der Waals surface area (Å²) in [6.07, 6.45) is 2.97. The third-order valence-electron chi connectivity index (χ3n) is 2.43. The minimum atomic E-state index is 0.115. The minimum absolute atomic E-state index is 0.115. The van der Waals surface area contributed by atoms with Gasteiger partial charge in [-0.05, 0) is 24.6 Å². The number of rotatable bonds is 3. The molecule has 80 valence electrons. The van der Waals surface area contributed by atoms with E-state index in [1.54, 1.807) is 18.2 Å². The molecule has 0 saturated carbocycles. The summed E-state index contributed by atoms with van der Waals surface area (Å²) < 4.78 is 11.3. The molecule has 1 aliphatic heterocycles. The Hall–Kier alpha value is -1.51. The first kappa shape index (κ1) is 10.0. The van der Waals surface area contributed by atoms with Gasteiger partial charge in [0.25, 0.3) is 0 Å². The largest absolute Gasteiger partial charge is 0.486 e. The molecule has 1 atom stereocenters. The highest BCUT2D eigenvalue weighted by Crippen LogP contribution is 2.32. The first-order valence-corrected chi connectivity index (χ1v) is 5.22. The smallest absolute Gasteiger partial charge is 0.162 e. The number of aldehydes is 1. The zero-order valence-electron chi connectivity index (χ0n) is 8.73. The normalized spacial score (nSPS) is 18.6. The molecule has 0 aromatic heterocycles. The maximum absolute atomic E-state index is 10.6. The predicted molar refractivity (Wildman–Crippen MR) is 56.6 cm³/mol. The van der Waals surface area contributed by atoms with Crippen molar-refractivity contribution in [1.29, 1.82) is 0 Å². The lowest BCUT2D eigenvalue weighted by Gasteiger charge is -2.26. The molecule has 0 bridgehead atoms. The van der Waals surface area contributed by atoms with Gasteiger partial charge in [-0.25, -0.2) is 0 Å². The number of hydrogen-bond acceptors (Lipinski definition) is 3. The molecule has 0 fully saturated rings. The standard InChI is InChI=1S/C12H14O3/c1-2-3-10-8-14-11-5-4-9(7-13)6-12(11)15-10/h4-7,10H,2-3,8H2,1H3. The van der Waals surface area contributed by atoms with Crippen LogP contribution in [-0.4, -0.2) is 19.0 Å². The number of ether oxygens (including phenoxy) is 2. The van der Waals surface area contributed by atoms with Gasteiger partial charge in [-0.1, -0.05) is 13.3 Å². The lowest BCUT2D eigenvalue weighted by atomic mass is 10.1. The van der Waals surface area contributed by atoms with Crippen LogP contribution in [0.5, 0.6) is 11.5 Å². The van der Waals surface area contributed by atoms with Gasteiger partial charge in [0.05, 0.1) is 0 Å². The van der Waals surface area contributed by atoms with E-state index in [1.165, 1.54) is 0 Å². The van der Waals surface area contributed by atoms with Crippen LogP contribution in [-0.2, 0) is 0 Å². The number of hydrogen-bond donors (Lipinski definition) is 0. The molecule has 0 amide bonds. The van der Waals surface area contributed by atoms with E-state index in [0.29, 0.717) is 17.9 Å². The molecular formula is C12H14O3. The molecule has 0 saturated heterocycles. The van der Waals surface area contributed by atoms with E-state index >= 15 is 0 Å². The monoisotopic (exact) mass is 206 g/mol. The fourth-order valence-electron chi connectivity index (χ4n) is 1.67. The lowest BCUT2D eigenvalue weighted by molar-refractivity contribution is 0.0841. The molecule has 1 unspecified atom stereocenters. The van der Waals surface area contributed by atoms with Crippen LogP contribution in [0.3, 0.4) is 0 Å². The van der Waals surface area contributed by atoms with Crippen LogP contribution >= 0.6 is 0 Å². The van der Waals surface area contributed by atoms with Gasteiger partial charge in [-0.3, -0.25) is 4.79 Å². The van der Waals surface area contributed by atoms with Crippen molar-refractivity contribution in [3.63, 3.8) is 0 Å². The predicted octanol–water partition coefficient (Wildman–Crippen LogP) is 2.44. The van der Waals surface area contributed by atoms with Crippen LogP contribution in [0.4, 0.5) is 0 Å². The Morgan fingerprint density at radius 1 is 1.47 bits per heavy atom. The molecule has 3 nitrogen and oxygen atoms in total. The Morgan fingerprint density at radius 3 is 3.07 bits per heavy atom. The van der Waals surface area contributed by atoms with E-state index in [-0.39, 0.29) is 6.10 Å². The van der Waals surface area contributed by atoms with Crippen molar-refractivity contribution in [3.8, 4) is 11.5 Å². The number of carbonyl (C=O) groups is 1. The highest BCUT2D eigenvalue weighted by Gasteiger charge is 2.20. The highest BCUT2D eigenvalue weighted by molar-refractivity contribution is 5.76. The quantitative estimate of drug-likeness (QED) is 0.712. The molecule has 1 aromatic rings. The van der Waals surface area contributed by atoms with Crippen LogP contribution in [0.25, 0.3) is 0 Å². The van der Waals surface area contributed by atoms with Gasteiger partial charge >= 0.3 is 0 Å². The van der Waals surface area contributed by atoms with E-state index in [1.807, 2.05) is 0 Å². The van der Waals surface area contributed by atoms with Crippen molar-refractivity contribution < 1.29 is 14.3 Å². The van der Waals surface area contributed by atoms with Gasteiger partial charge in [-0.15, -0.1) is 0 Å². The van der Waals surface area contributed by atoms with E-state index in [9.17, 15) is 4.79 Å². The molecule has 0 aliphatic carbocycles. The fraction of sp³-hybridized carbons (Fsp3) is 0.417. The van der Waals surface area contributed by atoms with Crippen LogP contribution in [0.15, 0.2) is 18.2 Å². The maximum atomic E-state index is 10.6. The van der Waals surface area contributed by atoms with Gasteiger partial charge in [0, 0.05) is 5.56 Å². The zero-order valence-corrected chi connectivity index (χ0v) is 8.73. The molecule has 0 radical (unpaired) electrons. The summed E-state index contributed by atoms with van der Waals surface area (Å²) in [5, 5.41) is 0. The maximum Gasteiger partial charge on any atom is 0.162 e. The Balaban J connectivity index is 2.19. The van der Waals surface area contributed by atoms with Crippen LogP contribution in [0.2, 0.25) is 0 Å². The second kappa shape index (κ2) is 4.34. The van der Waals surface area contributed by atoms with Crippen LogP contribution in [0, 0.1) is 0 Å². The van der Waals surface area contributed by atoms with Crippen molar-refractivity contribution in [2.24, 2.45) is 0 Å². The third kappa shape index (κ3) is 2.12. The molecule has 0 spiro atoms. The van der Waals surface area contributed by atoms with Crippen molar-refractivity contribution in [2.75, 3.05) is 6.61 Å². The summed E-state index contributed by atoms with van der Waals surface area (Å²) in [6.45, 7) is 2.71. The second-order valence-corrected chi connectivity index (χ2v) is 3.66. The minimum Gasteiger partial charge on any atom is -0.486 e. The van der Waals surface area contributed by atoms with E-state index in [0.717, 1.165) is 24.9 Å². The Morgan fingerprint density at radius 2 is 2.33 bits per heavy atom. The summed E-state index contributed by atoms with van der Waals surface area (Å²) in [7, 11) is 0.